The molecule has 0 saturated carbocycles. The van der Waals surface area contributed by atoms with Gasteiger partial charge in [0, 0.05) is 10.9 Å². The summed E-state index contributed by atoms with van der Waals surface area (Å²) in [5.41, 5.74) is 6.49. The first-order valence-corrected chi connectivity index (χ1v) is 7.77. The molecule has 3 N–H and O–H groups in total. The van der Waals surface area contributed by atoms with E-state index in [0.717, 1.165) is 17.0 Å². The van der Waals surface area contributed by atoms with E-state index in [-0.39, 0.29) is 5.91 Å². The Bertz CT molecular complexity index is 706. The Balaban J connectivity index is 1.80. The molecule has 2 aromatic rings. The van der Waals surface area contributed by atoms with Crippen molar-refractivity contribution in [2.75, 3.05) is 18.5 Å². The fraction of sp³-hybridized carbons (Fsp3) is 0.333. The van der Waals surface area contributed by atoms with Gasteiger partial charge in [-0.25, -0.2) is 4.98 Å². The van der Waals surface area contributed by atoms with Crippen LogP contribution < -0.4 is 20.5 Å². The van der Waals surface area contributed by atoms with E-state index in [1.54, 1.807) is 13.8 Å². The molecule has 0 fully saturated rings. The average Bonchev–Trinajstić information content (AvgIpc) is 2.94. The maximum absolute atomic E-state index is 11.9. The van der Waals surface area contributed by atoms with Crippen molar-refractivity contribution >= 4 is 22.4 Å². The van der Waals surface area contributed by atoms with Crippen LogP contribution in [0.25, 0.3) is 11.3 Å². The molecule has 0 saturated heterocycles. The number of hydrogen-bond acceptors (Lipinski definition) is 6. The van der Waals surface area contributed by atoms with E-state index in [4.69, 9.17) is 15.2 Å². The van der Waals surface area contributed by atoms with E-state index in [0.29, 0.717) is 24.1 Å². The van der Waals surface area contributed by atoms with Gasteiger partial charge in [0.15, 0.2) is 16.6 Å². The Labute approximate surface area is 132 Å². The van der Waals surface area contributed by atoms with E-state index in [2.05, 4.69) is 10.3 Å². The lowest BCUT2D eigenvalue weighted by atomic mass is 10.1. The standard InChI is InChI=1S/C15H17N3O3S/c1-15(2,16)13(19)18-14-17-10(8-22-14)9-3-4-11-12(7-9)21-6-5-20-11/h3-4,7-8H,5-6,16H2,1-2H3,(H,17,18,19). The van der Waals surface area contributed by atoms with Crippen LogP contribution in [-0.4, -0.2) is 29.6 Å². The maximum atomic E-state index is 11.9. The fourth-order valence-corrected chi connectivity index (χ4v) is 2.64. The van der Waals surface area contributed by atoms with Crippen LogP contribution in [0.5, 0.6) is 11.5 Å². The predicted molar refractivity (Wildman–Crippen MR) is 85.4 cm³/mol. The van der Waals surface area contributed by atoms with Crippen molar-refractivity contribution in [3.63, 3.8) is 0 Å². The average molecular weight is 319 g/mol. The highest BCUT2D eigenvalue weighted by Gasteiger charge is 2.23. The van der Waals surface area contributed by atoms with Crippen LogP contribution in [0.2, 0.25) is 0 Å². The van der Waals surface area contributed by atoms with Crippen LogP contribution in [-0.2, 0) is 4.79 Å². The summed E-state index contributed by atoms with van der Waals surface area (Å²) in [7, 11) is 0. The Kier molecular flexibility index (Phi) is 3.76. The minimum atomic E-state index is -0.942. The van der Waals surface area contributed by atoms with E-state index >= 15 is 0 Å². The molecule has 2 heterocycles. The molecule has 22 heavy (non-hydrogen) atoms. The number of nitrogens with two attached hydrogens (primary N) is 1. The molecule has 0 bridgehead atoms. The van der Waals surface area contributed by atoms with Crippen LogP contribution in [0.15, 0.2) is 23.6 Å². The van der Waals surface area contributed by atoms with E-state index in [1.165, 1.54) is 11.3 Å². The summed E-state index contributed by atoms with van der Waals surface area (Å²) in [5, 5.41) is 5.12. The zero-order chi connectivity index (χ0) is 15.7. The molecular formula is C15H17N3O3S. The van der Waals surface area contributed by atoms with Gasteiger partial charge >= 0.3 is 0 Å². The molecular weight excluding hydrogens is 302 g/mol. The van der Waals surface area contributed by atoms with Gasteiger partial charge in [0.25, 0.3) is 0 Å². The topological polar surface area (TPSA) is 86.5 Å². The van der Waals surface area contributed by atoms with Crippen LogP contribution in [0.4, 0.5) is 5.13 Å². The number of amides is 1. The minimum absolute atomic E-state index is 0.268. The largest absolute Gasteiger partial charge is 0.486 e. The number of thiazole rings is 1. The summed E-state index contributed by atoms with van der Waals surface area (Å²) in [6, 6.07) is 5.67. The molecule has 0 unspecified atom stereocenters. The summed E-state index contributed by atoms with van der Waals surface area (Å²) in [5.74, 6) is 1.18. The van der Waals surface area contributed by atoms with Gasteiger partial charge in [-0.1, -0.05) is 0 Å². The summed E-state index contributed by atoms with van der Waals surface area (Å²) in [4.78, 5) is 16.3. The highest BCUT2D eigenvalue weighted by atomic mass is 32.1. The number of fused-ring (bicyclic) bond motifs is 1. The molecule has 116 valence electrons. The molecule has 0 radical (unpaired) electrons. The number of benzene rings is 1. The number of ether oxygens (including phenoxy) is 2. The van der Waals surface area contributed by atoms with E-state index < -0.39 is 5.54 Å². The number of anilines is 1. The van der Waals surface area contributed by atoms with Gasteiger partial charge in [-0.05, 0) is 32.0 Å². The van der Waals surface area contributed by atoms with Crippen molar-refractivity contribution in [1.82, 2.24) is 4.98 Å². The second-order valence-corrected chi connectivity index (χ2v) is 6.43. The lowest BCUT2D eigenvalue weighted by molar-refractivity contribution is -0.120. The number of aromatic nitrogens is 1. The van der Waals surface area contributed by atoms with Crippen LogP contribution >= 0.6 is 11.3 Å². The third kappa shape index (κ3) is 3.05. The Morgan fingerprint density at radius 2 is 2.05 bits per heavy atom. The maximum Gasteiger partial charge on any atom is 0.245 e. The highest BCUT2D eigenvalue weighted by Crippen LogP contribution is 2.35. The SMILES string of the molecule is CC(C)(N)C(=O)Nc1nc(-c2ccc3c(c2)OCCO3)cs1. The van der Waals surface area contributed by atoms with Crippen molar-refractivity contribution in [1.29, 1.82) is 0 Å². The first-order chi connectivity index (χ1) is 10.4. The lowest BCUT2D eigenvalue weighted by Gasteiger charge is -2.18. The van der Waals surface area contributed by atoms with Crippen LogP contribution in [0, 0.1) is 0 Å². The van der Waals surface area contributed by atoms with Gasteiger partial charge in [0.2, 0.25) is 5.91 Å². The Morgan fingerprint density at radius 3 is 2.77 bits per heavy atom. The molecule has 1 aliphatic rings. The number of carbonyl (C=O) groups is 1. The van der Waals surface area contributed by atoms with Crippen molar-refractivity contribution in [3.05, 3.63) is 23.6 Å². The van der Waals surface area contributed by atoms with E-state index in [1.807, 2.05) is 23.6 Å². The number of hydrogen-bond donors (Lipinski definition) is 2. The van der Waals surface area contributed by atoms with Gasteiger partial charge < -0.3 is 20.5 Å². The quantitative estimate of drug-likeness (QED) is 0.906. The lowest BCUT2D eigenvalue weighted by Crippen LogP contribution is -2.45. The molecule has 0 spiro atoms. The van der Waals surface area contributed by atoms with Crippen molar-refractivity contribution in [3.8, 4) is 22.8 Å². The van der Waals surface area contributed by atoms with E-state index in [9.17, 15) is 4.79 Å². The first kappa shape index (κ1) is 14.8. The molecule has 1 amide bonds. The molecule has 1 aromatic carbocycles. The molecule has 7 heteroatoms. The van der Waals surface area contributed by atoms with Gasteiger partial charge in [0.05, 0.1) is 11.2 Å². The van der Waals surface area contributed by atoms with Crippen molar-refractivity contribution in [2.45, 2.75) is 19.4 Å². The Morgan fingerprint density at radius 1 is 1.32 bits per heavy atom. The monoisotopic (exact) mass is 319 g/mol. The molecule has 0 aliphatic carbocycles. The van der Waals surface area contributed by atoms with Crippen molar-refractivity contribution < 1.29 is 14.3 Å². The molecule has 1 aromatic heterocycles. The number of carbonyl (C=O) groups excluding carboxylic acids is 1. The molecule has 3 rings (SSSR count). The number of nitrogens with one attached hydrogen (secondary N) is 1. The van der Waals surface area contributed by atoms with Gasteiger partial charge in [-0.3, -0.25) is 4.79 Å². The second-order valence-electron chi connectivity index (χ2n) is 5.57. The first-order valence-electron chi connectivity index (χ1n) is 6.89. The number of nitrogens with zero attached hydrogens (tertiary/aromatic N) is 1. The summed E-state index contributed by atoms with van der Waals surface area (Å²) in [6.07, 6.45) is 0. The number of rotatable bonds is 3. The highest BCUT2D eigenvalue weighted by molar-refractivity contribution is 7.14. The second kappa shape index (κ2) is 5.58. The minimum Gasteiger partial charge on any atom is -0.486 e. The predicted octanol–water partition coefficient (Wildman–Crippen LogP) is 2.26. The fourth-order valence-electron chi connectivity index (χ4n) is 1.92. The van der Waals surface area contributed by atoms with Crippen molar-refractivity contribution in [2.24, 2.45) is 5.73 Å². The van der Waals surface area contributed by atoms with Gasteiger partial charge in [-0.2, -0.15) is 0 Å². The third-order valence-electron chi connectivity index (χ3n) is 3.15. The Hall–Kier alpha value is -2.12. The zero-order valence-corrected chi connectivity index (χ0v) is 13.2. The molecule has 1 aliphatic heterocycles. The normalized spacial score (nSPS) is 13.8. The van der Waals surface area contributed by atoms with Crippen LogP contribution in [0.3, 0.4) is 0 Å². The zero-order valence-electron chi connectivity index (χ0n) is 12.4. The van der Waals surface area contributed by atoms with Crippen LogP contribution in [0.1, 0.15) is 13.8 Å². The van der Waals surface area contributed by atoms with Gasteiger partial charge in [0.1, 0.15) is 13.2 Å². The molecule has 0 atom stereocenters. The smallest absolute Gasteiger partial charge is 0.245 e. The molecule has 6 nitrogen and oxygen atoms in total. The van der Waals surface area contributed by atoms with Gasteiger partial charge in [-0.15, -0.1) is 11.3 Å². The summed E-state index contributed by atoms with van der Waals surface area (Å²) >= 11 is 1.36. The summed E-state index contributed by atoms with van der Waals surface area (Å²) < 4.78 is 11.1. The summed E-state index contributed by atoms with van der Waals surface area (Å²) in [6.45, 7) is 4.41. The third-order valence-corrected chi connectivity index (χ3v) is 3.91.